The number of β-amino-alcohol motifs (C(OH)–C–C–N with tert-alkyl or cyclic N) is 1. The van der Waals surface area contributed by atoms with Crippen molar-refractivity contribution in [2.75, 3.05) is 68.5 Å². The lowest BCUT2D eigenvalue weighted by Crippen LogP contribution is -2.48. The molecule has 1 saturated heterocycles. The molecule has 2 aliphatic rings. The zero-order chi connectivity index (χ0) is 26.1. The molecule has 6 rings (SSSR count). The quantitative estimate of drug-likeness (QED) is 0.339. The summed E-state index contributed by atoms with van der Waals surface area (Å²) >= 11 is 0. The Kier molecular flexibility index (Phi) is 6.61. The molecule has 1 aromatic carbocycles. The van der Waals surface area contributed by atoms with Gasteiger partial charge < -0.3 is 34.5 Å². The molecule has 5 heterocycles. The summed E-state index contributed by atoms with van der Waals surface area (Å²) in [5, 5.41) is 16.5. The second-order valence-corrected chi connectivity index (χ2v) is 9.63. The number of rotatable bonds is 7. The van der Waals surface area contributed by atoms with Crippen LogP contribution >= 0.6 is 0 Å². The summed E-state index contributed by atoms with van der Waals surface area (Å²) in [5.41, 5.74) is 5.13. The molecule has 0 amide bonds. The first-order valence-electron chi connectivity index (χ1n) is 12.9. The van der Waals surface area contributed by atoms with E-state index in [0.717, 1.165) is 72.4 Å². The van der Waals surface area contributed by atoms with Crippen molar-refractivity contribution in [3.05, 3.63) is 49.1 Å². The molecular formula is C27H32N8O3. The van der Waals surface area contributed by atoms with Crippen LogP contribution < -0.4 is 25.0 Å². The maximum Gasteiger partial charge on any atom is 0.237 e. The van der Waals surface area contributed by atoms with E-state index in [2.05, 4.69) is 36.5 Å². The Morgan fingerprint density at radius 1 is 1.18 bits per heavy atom. The number of hydrogen-bond donors (Lipinski definition) is 3. The minimum atomic E-state index is -0.315. The highest BCUT2D eigenvalue weighted by atomic mass is 16.5. The molecule has 0 aliphatic carbocycles. The molecule has 11 heteroatoms. The highest BCUT2D eigenvalue weighted by Gasteiger charge is 2.21. The summed E-state index contributed by atoms with van der Waals surface area (Å²) in [4.78, 5) is 18.5. The zero-order valence-corrected chi connectivity index (χ0v) is 21.6. The Hall–Kier alpha value is -4.09. The van der Waals surface area contributed by atoms with Gasteiger partial charge in [0.1, 0.15) is 12.4 Å². The molecule has 2 aliphatic heterocycles. The zero-order valence-electron chi connectivity index (χ0n) is 21.6. The number of aromatic nitrogens is 4. The topological polar surface area (TPSA) is 112 Å². The minimum absolute atomic E-state index is 0.315. The summed E-state index contributed by atoms with van der Waals surface area (Å²) in [6.45, 7) is 7.45. The van der Waals surface area contributed by atoms with Crippen molar-refractivity contribution in [2.45, 2.75) is 13.0 Å². The van der Waals surface area contributed by atoms with E-state index in [9.17, 15) is 5.11 Å². The summed E-state index contributed by atoms with van der Waals surface area (Å²) < 4.78 is 13.4. The molecule has 0 radical (unpaired) electrons. The number of benzene rings is 1. The molecule has 4 aromatic rings. The van der Waals surface area contributed by atoms with Crippen molar-refractivity contribution in [3.63, 3.8) is 0 Å². The standard InChI is InChI=1S/C27H32N8O3/c1-18(36)16-33-8-10-34(11-9-33)23-4-3-20(14-24(23)37-2)31-25-26-29-5-7-35(26)17-22(32-25)19-13-21-27(30-15-19)38-12-6-28-21/h3-5,7,13-15,17-18,28,36H,6,8-12,16H2,1-2H3,(H,31,32). The molecular weight excluding hydrogens is 484 g/mol. The van der Waals surface area contributed by atoms with Crippen LogP contribution in [0.4, 0.5) is 22.9 Å². The number of ether oxygens (including phenoxy) is 2. The normalized spacial score (nSPS) is 16.4. The highest BCUT2D eigenvalue weighted by molar-refractivity contribution is 5.77. The lowest BCUT2D eigenvalue weighted by Gasteiger charge is -2.37. The van der Waals surface area contributed by atoms with E-state index < -0.39 is 0 Å². The van der Waals surface area contributed by atoms with Gasteiger partial charge in [0, 0.05) is 81.4 Å². The molecule has 1 fully saturated rings. The fourth-order valence-electron chi connectivity index (χ4n) is 5.02. The summed E-state index contributed by atoms with van der Waals surface area (Å²) in [7, 11) is 1.69. The third kappa shape index (κ3) is 4.90. The fourth-order valence-corrected chi connectivity index (χ4v) is 5.02. The van der Waals surface area contributed by atoms with E-state index in [4.69, 9.17) is 14.5 Å². The number of imidazole rings is 1. The molecule has 198 valence electrons. The first-order valence-corrected chi connectivity index (χ1v) is 12.9. The number of hydrogen-bond acceptors (Lipinski definition) is 10. The number of nitrogens with zero attached hydrogens (tertiary/aromatic N) is 6. The van der Waals surface area contributed by atoms with Gasteiger partial charge in [0.25, 0.3) is 0 Å². The largest absolute Gasteiger partial charge is 0.495 e. The molecule has 0 saturated carbocycles. The van der Waals surface area contributed by atoms with E-state index in [1.54, 1.807) is 19.5 Å². The second kappa shape index (κ2) is 10.3. The molecule has 1 unspecified atom stereocenters. The van der Waals surface area contributed by atoms with Crippen LogP contribution in [0.3, 0.4) is 0 Å². The number of piperazine rings is 1. The van der Waals surface area contributed by atoms with E-state index in [1.165, 1.54) is 0 Å². The van der Waals surface area contributed by atoms with Crippen molar-refractivity contribution >= 4 is 28.5 Å². The van der Waals surface area contributed by atoms with Crippen molar-refractivity contribution < 1.29 is 14.6 Å². The predicted octanol–water partition coefficient (Wildman–Crippen LogP) is 2.85. The Balaban J connectivity index is 1.26. The third-order valence-corrected chi connectivity index (χ3v) is 6.86. The fraction of sp³-hybridized carbons (Fsp3) is 0.370. The lowest BCUT2D eigenvalue weighted by atomic mass is 10.2. The van der Waals surface area contributed by atoms with Gasteiger partial charge in [-0.2, -0.15) is 0 Å². The van der Waals surface area contributed by atoms with Crippen molar-refractivity contribution in [1.82, 2.24) is 24.3 Å². The van der Waals surface area contributed by atoms with E-state index >= 15 is 0 Å². The van der Waals surface area contributed by atoms with Gasteiger partial charge in [0.15, 0.2) is 11.5 Å². The van der Waals surface area contributed by atoms with Crippen LogP contribution in [-0.2, 0) is 0 Å². The molecule has 0 bridgehead atoms. The van der Waals surface area contributed by atoms with Gasteiger partial charge in [0.2, 0.25) is 5.88 Å². The third-order valence-electron chi connectivity index (χ3n) is 6.86. The number of fused-ring (bicyclic) bond motifs is 2. The van der Waals surface area contributed by atoms with Gasteiger partial charge in [-0.1, -0.05) is 0 Å². The number of methoxy groups -OCH3 is 1. The number of pyridine rings is 1. The molecule has 3 aromatic heterocycles. The number of nitrogens with one attached hydrogen (secondary N) is 2. The SMILES string of the molecule is COc1cc(Nc2nc(-c3cnc4c(c3)NCCO4)cn3ccnc23)ccc1N1CCN(CC(C)O)CC1. The van der Waals surface area contributed by atoms with Crippen molar-refractivity contribution in [2.24, 2.45) is 0 Å². The van der Waals surface area contributed by atoms with E-state index in [-0.39, 0.29) is 6.10 Å². The first kappa shape index (κ1) is 24.3. The van der Waals surface area contributed by atoms with Gasteiger partial charge >= 0.3 is 0 Å². The van der Waals surface area contributed by atoms with Crippen molar-refractivity contribution in [3.8, 4) is 22.9 Å². The molecule has 38 heavy (non-hydrogen) atoms. The average Bonchev–Trinajstić information content (AvgIpc) is 3.42. The summed E-state index contributed by atoms with van der Waals surface area (Å²) in [5.74, 6) is 2.04. The Morgan fingerprint density at radius 2 is 2.05 bits per heavy atom. The maximum atomic E-state index is 9.70. The highest BCUT2D eigenvalue weighted by Crippen LogP contribution is 2.34. The first-order chi connectivity index (χ1) is 18.6. The molecule has 1 atom stereocenters. The second-order valence-electron chi connectivity index (χ2n) is 9.63. The monoisotopic (exact) mass is 516 g/mol. The van der Waals surface area contributed by atoms with Gasteiger partial charge in [0.05, 0.1) is 30.3 Å². The van der Waals surface area contributed by atoms with Crippen LogP contribution in [0.2, 0.25) is 0 Å². The Labute approximate surface area is 221 Å². The van der Waals surface area contributed by atoms with Crippen LogP contribution in [0.25, 0.3) is 16.9 Å². The molecule has 11 nitrogen and oxygen atoms in total. The smallest absolute Gasteiger partial charge is 0.237 e. The van der Waals surface area contributed by atoms with Crippen molar-refractivity contribution in [1.29, 1.82) is 0 Å². The molecule has 0 spiro atoms. The summed E-state index contributed by atoms with van der Waals surface area (Å²) in [6, 6.07) is 8.12. The van der Waals surface area contributed by atoms with Gasteiger partial charge in [-0.05, 0) is 25.1 Å². The predicted molar refractivity (Wildman–Crippen MR) is 147 cm³/mol. The Morgan fingerprint density at radius 3 is 2.87 bits per heavy atom. The van der Waals surface area contributed by atoms with E-state index in [0.29, 0.717) is 24.8 Å². The van der Waals surface area contributed by atoms with Gasteiger partial charge in [-0.25, -0.2) is 15.0 Å². The van der Waals surface area contributed by atoms with Crippen LogP contribution in [0.5, 0.6) is 11.6 Å². The van der Waals surface area contributed by atoms with Crippen LogP contribution in [0.15, 0.2) is 49.1 Å². The van der Waals surface area contributed by atoms with Gasteiger partial charge in [-0.3, -0.25) is 4.90 Å². The molecule has 3 N–H and O–H groups in total. The van der Waals surface area contributed by atoms with Crippen LogP contribution in [0.1, 0.15) is 6.92 Å². The average molecular weight is 517 g/mol. The Bertz CT molecular complexity index is 1430. The maximum absolute atomic E-state index is 9.70. The summed E-state index contributed by atoms with van der Waals surface area (Å²) in [6.07, 6.45) is 7.07. The number of aliphatic hydroxyl groups excluding tert-OH is 1. The number of anilines is 4. The number of aliphatic hydroxyl groups is 1. The lowest BCUT2D eigenvalue weighted by molar-refractivity contribution is 0.122. The minimum Gasteiger partial charge on any atom is -0.495 e. The van der Waals surface area contributed by atoms with Gasteiger partial charge in [-0.15, -0.1) is 0 Å². The van der Waals surface area contributed by atoms with Crippen LogP contribution in [-0.4, -0.2) is 88.4 Å². The van der Waals surface area contributed by atoms with Crippen LogP contribution in [0, 0.1) is 0 Å². The van der Waals surface area contributed by atoms with E-state index in [1.807, 2.05) is 41.9 Å².